The summed E-state index contributed by atoms with van der Waals surface area (Å²) < 4.78 is 14.0. The van der Waals surface area contributed by atoms with E-state index in [4.69, 9.17) is 23.1 Å². The minimum absolute atomic E-state index is 0.112. The van der Waals surface area contributed by atoms with E-state index in [1.54, 1.807) is 18.2 Å². The van der Waals surface area contributed by atoms with Gasteiger partial charge in [0.15, 0.2) is 0 Å². The molecule has 2 rings (SSSR count). The van der Waals surface area contributed by atoms with Gasteiger partial charge in [-0.15, -0.1) is 0 Å². The molecule has 0 amide bonds. The Morgan fingerprint density at radius 2 is 1.89 bits per heavy atom. The second-order valence-electron chi connectivity index (χ2n) is 6.77. The molecule has 0 radical (unpaired) electrons. The highest BCUT2D eigenvalue weighted by Crippen LogP contribution is 2.29. The number of carboxylic acids is 1. The van der Waals surface area contributed by atoms with Crippen LogP contribution in [-0.2, 0) is 11.2 Å². The lowest BCUT2D eigenvalue weighted by molar-refractivity contribution is -0.152. The highest BCUT2D eigenvalue weighted by Gasteiger charge is 2.38. The number of hydrogen-bond acceptors (Lipinski definition) is 4. The Morgan fingerprint density at radius 3 is 2.44 bits per heavy atom. The zero-order valence-corrected chi connectivity index (χ0v) is 15.6. The van der Waals surface area contributed by atoms with Gasteiger partial charge in [-0.1, -0.05) is 35.9 Å². The molecule has 0 saturated heterocycles. The average molecular weight is 395 g/mol. The topological polar surface area (TPSA) is 110 Å². The number of rotatable bonds is 9. The summed E-state index contributed by atoms with van der Waals surface area (Å²) in [5, 5.41) is 19.5. The van der Waals surface area contributed by atoms with Crippen LogP contribution in [0.5, 0.6) is 0 Å². The van der Waals surface area contributed by atoms with E-state index < -0.39 is 24.0 Å². The van der Waals surface area contributed by atoms with E-state index in [9.17, 15) is 19.4 Å². The third-order valence-electron chi connectivity index (χ3n) is 4.72. The third kappa shape index (κ3) is 5.26. The van der Waals surface area contributed by atoms with Crippen LogP contribution in [0.2, 0.25) is 5.02 Å². The van der Waals surface area contributed by atoms with Crippen molar-refractivity contribution < 1.29 is 19.4 Å². The molecule has 0 aliphatic rings. The summed E-state index contributed by atoms with van der Waals surface area (Å²) in [5.41, 5.74) is 12.3. The van der Waals surface area contributed by atoms with Gasteiger partial charge >= 0.3 is 5.97 Å². The molecular formula is C20H24ClFN2O3. The van der Waals surface area contributed by atoms with Crippen LogP contribution in [0.25, 0.3) is 11.1 Å². The van der Waals surface area contributed by atoms with Crippen molar-refractivity contribution in [2.24, 2.45) is 16.9 Å². The predicted octanol–water partition coefficient (Wildman–Crippen LogP) is 2.82. The number of benzene rings is 2. The maximum atomic E-state index is 14.0. The number of nitrogens with two attached hydrogens (primary N) is 2. The number of halogens is 2. The number of aliphatic hydroxyl groups excluding tert-OH is 1. The van der Waals surface area contributed by atoms with Crippen LogP contribution >= 0.6 is 11.6 Å². The second-order valence-corrected chi connectivity index (χ2v) is 7.21. The van der Waals surface area contributed by atoms with Gasteiger partial charge in [0.05, 0.1) is 12.0 Å². The molecule has 0 fully saturated rings. The van der Waals surface area contributed by atoms with Gasteiger partial charge in [-0.2, -0.15) is 0 Å². The van der Waals surface area contributed by atoms with Crippen molar-refractivity contribution in [2.75, 3.05) is 13.2 Å². The Hall–Kier alpha value is -1.99. The van der Waals surface area contributed by atoms with Gasteiger partial charge < -0.3 is 21.7 Å². The maximum Gasteiger partial charge on any atom is 0.312 e. The molecular weight excluding hydrogens is 371 g/mol. The molecule has 146 valence electrons. The monoisotopic (exact) mass is 394 g/mol. The zero-order chi connectivity index (χ0) is 20.0. The molecule has 2 aromatic rings. The predicted molar refractivity (Wildman–Crippen MR) is 104 cm³/mol. The first-order valence-corrected chi connectivity index (χ1v) is 9.03. The quantitative estimate of drug-likeness (QED) is 0.522. The standard InChI is InChI=1S/C20H24ClFN2O3/c21-15-5-6-18(22)17(10-15)14-3-1-13(2-4-14)9-16(24)11-20(12-25,7-8-23)19(26)27/h1-6,10,16,25H,7-9,11-12,23-24H2,(H,26,27). The summed E-state index contributed by atoms with van der Waals surface area (Å²) in [7, 11) is 0. The molecule has 7 heteroatoms. The summed E-state index contributed by atoms with van der Waals surface area (Å²) in [6.45, 7) is -0.361. The Kier molecular flexibility index (Phi) is 7.33. The molecule has 5 nitrogen and oxygen atoms in total. The number of carbonyl (C=O) groups is 1. The summed E-state index contributed by atoms with van der Waals surface area (Å²) in [6, 6.07) is 11.1. The van der Waals surface area contributed by atoms with E-state index in [-0.39, 0.29) is 25.2 Å². The maximum absolute atomic E-state index is 14.0. The SMILES string of the molecule is NCCC(CO)(CC(N)Cc1ccc(-c2cc(Cl)ccc2F)cc1)C(=O)O. The Morgan fingerprint density at radius 1 is 1.22 bits per heavy atom. The second kappa shape index (κ2) is 9.28. The van der Waals surface area contributed by atoms with Crippen LogP contribution in [0.3, 0.4) is 0 Å². The molecule has 0 aliphatic heterocycles. The molecule has 27 heavy (non-hydrogen) atoms. The van der Waals surface area contributed by atoms with Crippen molar-refractivity contribution in [2.45, 2.75) is 25.3 Å². The van der Waals surface area contributed by atoms with Crippen LogP contribution in [0.15, 0.2) is 42.5 Å². The minimum Gasteiger partial charge on any atom is -0.481 e. The fourth-order valence-electron chi connectivity index (χ4n) is 3.20. The smallest absolute Gasteiger partial charge is 0.312 e. The summed E-state index contributed by atoms with van der Waals surface area (Å²) in [4.78, 5) is 11.6. The van der Waals surface area contributed by atoms with E-state index in [0.29, 0.717) is 22.6 Å². The van der Waals surface area contributed by atoms with Gasteiger partial charge in [0.1, 0.15) is 5.82 Å². The van der Waals surface area contributed by atoms with Crippen molar-refractivity contribution in [1.82, 2.24) is 0 Å². The molecule has 6 N–H and O–H groups in total. The van der Waals surface area contributed by atoms with Gasteiger partial charge in [-0.05, 0) is 55.1 Å². The molecule has 2 atom stereocenters. The van der Waals surface area contributed by atoms with Crippen LogP contribution < -0.4 is 11.5 Å². The van der Waals surface area contributed by atoms with Crippen molar-refractivity contribution in [3.8, 4) is 11.1 Å². The van der Waals surface area contributed by atoms with Gasteiger partial charge in [0.25, 0.3) is 0 Å². The van der Waals surface area contributed by atoms with E-state index in [1.807, 2.05) is 12.1 Å². The van der Waals surface area contributed by atoms with E-state index >= 15 is 0 Å². The van der Waals surface area contributed by atoms with Crippen LogP contribution in [-0.4, -0.2) is 35.4 Å². The van der Waals surface area contributed by atoms with E-state index in [1.165, 1.54) is 12.1 Å². The molecule has 0 aliphatic carbocycles. The summed E-state index contributed by atoms with van der Waals surface area (Å²) in [5.74, 6) is -1.46. The molecule has 0 bridgehead atoms. The number of hydrogen-bond donors (Lipinski definition) is 4. The van der Waals surface area contributed by atoms with E-state index in [2.05, 4.69) is 0 Å². The lowest BCUT2D eigenvalue weighted by atomic mass is 9.78. The van der Waals surface area contributed by atoms with Crippen molar-refractivity contribution in [3.05, 3.63) is 58.9 Å². The van der Waals surface area contributed by atoms with E-state index in [0.717, 1.165) is 5.56 Å². The normalized spacial score (nSPS) is 14.6. The Bertz CT molecular complexity index is 785. The van der Waals surface area contributed by atoms with Gasteiger partial charge in [0.2, 0.25) is 0 Å². The molecule has 0 aromatic heterocycles. The molecule has 2 unspecified atom stereocenters. The van der Waals surface area contributed by atoms with Gasteiger partial charge in [-0.3, -0.25) is 4.79 Å². The highest BCUT2D eigenvalue weighted by atomic mass is 35.5. The first-order chi connectivity index (χ1) is 12.8. The average Bonchev–Trinajstić information content (AvgIpc) is 2.63. The fraction of sp³-hybridized carbons (Fsp3) is 0.350. The minimum atomic E-state index is -1.34. The zero-order valence-electron chi connectivity index (χ0n) is 14.9. The largest absolute Gasteiger partial charge is 0.481 e. The van der Waals surface area contributed by atoms with Gasteiger partial charge in [-0.25, -0.2) is 4.39 Å². The van der Waals surface area contributed by atoms with Gasteiger partial charge in [0, 0.05) is 16.6 Å². The summed E-state index contributed by atoms with van der Waals surface area (Å²) in [6.07, 6.45) is 0.693. The molecule has 0 heterocycles. The fourth-order valence-corrected chi connectivity index (χ4v) is 3.37. The Balaban J connectivity index is 2.11. The first-order valence-electron chi connectivity index (χ1n) is 8.65. The molecule has 2 aromatic carbocycles. The first kappa shape index (κ1) is 21.3. The van der Waals surface area contributed by atoms with Crippen LogP contribution in [0, 0.1) is 11.2 Å². The Labute approximate surface area is 162 Å². The number of carboxylic acid groups (broad SMARTS) is 1. The van der Waals surface area contributed by atoms with Crippen molar-refractivity contribution >= 4 is 17.6 Å². The summed E-state index contributed by atoms with van der Waals surface area (Å²) >= 11 is 5.93. The van der Waals surface area contributed by atoms with Crippen molar-refractivity contribution in [3.63, 3.8) is 0 Å². The molecule has 0 saturated carbocycles. The van der Waals surface area contributed by atoms with Crippen molar-refractivity contribution in [1.29, 1.82) is 0 Å². The highest BCUT2D eigenvalue weighted by molar-refractivity contribution is 6.30. The number of aliphatic carboxylic acids is 1. The lowest BCUT2D eigenvalue weighted by Crippen LogP contribution is -2.42. The van der Waals surface area contributed by atoms with Crippen LogP contribution in [0.4, 0.5) is 4.39 Å². The number of aliphatic hydroxyl groups is 1. The lowest BCUT2D eigenvalue weighted by Gasteiger charge is -2.29. The molecule has 0 spiro atoms. The third-order valence-corrected chi connectivity index (χ3v) is 4.96. The van der Waals surface area contributed by atoms with Crippen LogP contribution in [0.1, 0.15) is 18.4 Å².